The topological polar surface area (TPSA) is 42.7 Å². The quantitative estimate of drug-likeness (QED) is 0.183. The van der Waals surface area contributed by atoms with E-state index in [0.29, 0.717) is 0 Å². The Bertz CT molecular complexity index is 3130. The maximum absolute atomic E-state index is 6.73. The standard InChI is InChI=1S/C48H29NO3/c1-3-12-30(13-4-1)34-18-11-21-44-46(34)39-28-32(23-27-43(39)50-44)49(33-22-24-37-36-16-7-9-19-41(36)51-45(37)29-33)40-26-25-35(31-14-5-2-6-15-31)48-47(40)38-17-8-10-20-42(38)52-48/h1-29H. The summed E-state index contributed by atoms with van der Waals surface area (Å²) in [5.74, 6) is 0. The number of hydrogen-bond donors (Lipinski definition) is 0. The van der Waals surface area contributed by atoms with Crippen molar-refractivity contribution in [3.05, 3.63) is 176 Å². The van der Waals surface area contributed by atoms with E-state index in [1.54, 1.807) is 0 Å². The number of fused-ring (bicyclic) bond motifs is 9. The largest absolute Gasteiger partial charge is 0.456 e. The van der Waals surface area contributed by atoms with Gasteiger partial charge in [-0.25, -0.2) is 0 Å². The Labute approximate surface area is 298 Å². The van der Waals surface area contributed by atoms with Crippen molar-refractivity contribution in [1.29, 1.82) is 0 Å². The molecular weight excluding hydrogens is 639 g/mol. The van der Waals surface area contributed by atoms with Gasteiger partial charge in [0.1, 0.15) is 33.5 Å². The van der Waals surface area contributed by atoms with Gasteiger partial charge in [-0.3, -0.25) is 0 Å². The monoisotopic (exact) mass is 667 g/mol. The average Bonchev–Trinajstić information content (AvgIpc) is 3.90. The molecule has 0 saturated heterocycles. The van der Waals surface area contributed by atoms with E-state index in [1.165, 1.54) is 0 Å². The van der Waals surface area contributed by atoms with E-state index in [-0.39, 0.29) is 0 Å². The van der Waals surface area contributed by atoms with E-state index >= 15 is 0 Å². The lowest BCUT2D eigenvalue weighted by molar-refractivity contribution is 0.668. The Morgan fingerprint density at radius 1 is 0.327 bits per heavy atom. The molecule has 3 heterocycles. The molecule has 0 bridgehead atoms. The lowest BCUT2D eigenvalue weighted by Gasteiger charge is -2.26. The van der Waals surface area contributed by atoms with Crippen LogP contribution in [0.3, 0.4) is 0 Å². The number of furan rings is 3. The maximum atomic E-state index is 6.73. The second kappa shape index (κ2) is 11.2. The molecule has 0 atom stereocenters. The number of benzene rings is 8. The Hall–Kier alpha value is -7.04. The smallest absolute Gasteiger partial charge is 0.145 e. The SMILES string of the molecule is c1ccc(-c2ccc(N(c3ccc4c(c3)oc3ccccc34)c3ccc4oc5cccc(-c6ccccc6)c5c4c3)c3c2oc2ccccc23)cc1. The van der Waals surface area contributed by atoms with Crippen LogP contribution in [0.15, 0.2) is 189 Å². The van der Waals surface area contributed by atoms with Crippen LogP contribution >= 0.6 is 0 Å². The first-order chi connectivity index (χ1) is 25.8. The highest BCUT2D eigenvalue weighted by molar-refractivity contribution is 6.18. The van der Waals surface area contributed by atoms with Crippen LogP contribution < -0.4 is 4.90 Å². The highest BCUT2D eigenvalue weighted by Gasteiger charge is 2.24. The van der Waals surface area contributed by atoms with E-state index < -0.39 is 0 Å². The van der Waals surface area contributed by atoms with E-state index in [2.05, 4.69) is 150 Å². The van der Waals surface area contributed by atoms with Crippen molar-refractivity contribution >= 4 is 82.9 Å². The van der Waals surface area contributed by atoms with Crippen LogP contribution in [-0.2, 0) is 0 Å². The van der Waals surface area contributed by atoms with Gasteiger partial charge in [0.25, 0.3) is 0 Å². The van der Waals surface area contributed by atoms with Crippen molar-refractivity contribution in [3.8, 4) is 22.3 Å². The normalized spacial score (nSPS) is 11.8. The molecule has 0 saturated carbocycles. The Morgan fingerprint density at radius 2 is 0.923 bits per heavy atom. The maximum Gasteiger partial charge on any atom is 0.145 e. The van der Waals surface area contributed by atoms with Gasteiger partial charge in [0.2, 0.25) is 0 Å². The first kappa shape index (κ1) is 28.8. The van der Waals surface area contributed by atoms with E-state index in [0.717, 1.165) is 105 Å². The Morgan fingerprint density at radius 3 is 1.73 bits per heavy atom. The molecule has 0 aliphatic heterocycles. The lowest BCUT2D eigenvalue weighted by Crippen LogP contribution is -2.10. The molecule has 0 aliphatic carbocycles. The van der Waals surface area contributed by atoms with Crippen molar-refractivity contribution < 1.29 is 13.3 Å². The van der Waals surface area contributed by atoms with Gasteiger partial charge in [0, 0.05) is 49.9 Å². The highest BCUT2D eigenvalue weighted by atomic mass is 16.3. The van der Waals surface area contributed by atoms with Gasteiger partial charge in [-0.15, -0.1) is 0 Å². The fourth-order valence-electron chi connectivity index (χ4n) is 7.94. The molecule has 0 radical (unpaired) electrons. The fraction of sp³-hybridized carbons (Fsp3) is 0. The van der Waals surface area contributed by atoms with E-state index in [4.69, 9.17) is 13.3 Å². The van der Waals surface area contributed by atoms with Gasteiger partial charge in [-0.2, -0.15) is 0 Å². The highest BCUT2D eigenvalue weighted by Crippen LogP contribution is 2.48. The van der Waals surface area contributed by atoms with Crippen LogP contribution in [0.1, 0.15) is 0 Å². The first-order valence-electron chi connectivity index (χ1n) is 17.5. The van der Waals surface area contributed by atoms with Gasteiger partial charge in [-0.1, -0.05) is 109 Å². The number of hydrogen-bond acceptors (Lipinski definition) is 4. The first-order valence-corrected chi connectivity index (χ1v) is 17.5. The van der Waals surface area contributed by atoms with Gasteiger partial charge >= 0.3 is 0 Å². The van der Waals surface area contributed by atoms with E-state index in [9.17, 15) is 0 Å². The second-order valence-electron chi connectivity index (χ2n) is 13.2. The number of rotatable bonds is 5. The molecule has 0 fully saturated rings. The van der Waals surface area contributed by atoms with Crippen LogP contribution in [0.2, 0.25) is 0 Å². The predicted octanol–water partition coefficient (Wildman–Crippen LogP) is 14.2. The van der Waals surface area contributed by atoms with Crippen molar-refractivity contribution in [3.63, 3.8) is 0 Å². The third kappa shape index (κ3) is 4.34. The molecule has 11 aromatic rings. The molecule has 11 rings (SSSR count). The zero-order valence-electron chi connectivity index (χ0n) is 27.9. The molecule has 0 unspecified atom stereocenters. The summed E-state index contributed by atoms with van der Waals surface area (Å²) in [6, 6.07) is 61.2. The number of anilines is 3. The van der Waals surface area contributed by atoms with Gasteiger partial charge in [0.05, 0.1) is 11.1 Å². The molecule has 52 heavy (non-hydrogen) atoms. The van der Waals surface area contributed by atoms with Crippen LogP contribution in [0, 0.1) is 0 Å². The Balaban J connectivity index is 1.22. The summed E-state index contributed by atoms with van der Waals surface area (Å²) in [7, 11) is 0. The van der Waals surface area contributed by atoms with Crippen molar-refractivity contribution in [2.45, 2.75) is 0 Å². The summed E-state index contributed by atoms with van der Waals surface area (Å²) in [6.07, 6.45) is 0. The van der Waals surface area contributed by atoms with E-state index in [1.807, 2.05) is 30.3 Å². The Kier molecular flexibility index (Phi) is 6.22. The van der Waals surface area contributed by atoms with Crippen molar-refractivity contribution in [1.82, 2.24) is 0 Å². The average molecular weight is 668 g/mol. The molecule has 4 nitrogen and oxygen atoms in total. The van der Waals surface area contributed by atoms with Crippen molar-refractivity contribution in [2.24, 2.45) is 0 Å². The molecular formula is C48H29NO3. The third-order valence-corrected chi connectivity index (χ3v) is 10.3. The molecule has 3 aromatic heterocycles. The van der Waals surface area contributed by atoms with Gasteiger partial charge in [-0.05, 0) is 77.4 Å². The molecule has 8 aromatic carbocycles. The molecule has 0 N–H and O–H groups in total. The fourth-order valence-corrected chi connectivity index (χ4v) is 7.94. The van der Waals surface area contributed by atoms with Crippen LogP contribution in [0.4, 0.5) is 17.1 Å². The number of para-hydroxylation sites is 2. The minimum absolute atomic E-state index is 0.833. The third-order valence-electron chi connectivity index (χ3n) is 10.3. The summed E-state index contributed by atoms with van der Waals surface area (Å²) in [5.41, 5.74) is 12.5. The summed E-state index contributed by atoms with van der Waals surface area (Å²) in [4.78, 5) is 2.33. The molecule has 0 spiro atoms. The minimum Gasteiger partial charge on any atom is -0.456 e. The minimum atomic E-state index is 0.833. The summed E-state index contributed by atoms with van der Waals surface area (Å²) in [5, 5.41) is 6.43. The van der Waals surface area contributed by atoms with Crippen LogP contribution in [0.25, 0.3) is 88.1 Å². The van der Waals surface area contributed by atoms with Gasteiger partial charge in [0.15, 0.2) is 0 Å². The van der Waals surface area contributed by atoms with Crippen LogP contribution in [-0.4, -0.2) is 0 Å². The molecule has 4 heteroatoms. The molecule has 0 aliphatic rings. The lowest BCUT2D eigenvalue weighted by atomic mass is 9.98. The van der Waals surface area contributed by atoms with Gasteiger partial charge < -0.3 is 18.2 Å². The predicted molar refractivity (Wildman–Crippen MR) is 214 cm³/mol. The summed E-state index contributed by atoms with van der Waals surface area (Å²) in [6.45, 7) is 0. The summed E-state index contributed by atoms with van der Waals surface area (Å²) >= 11 is 0. The zero-order valence-corrected chi connectivity index (χ0v) is 27.9. The second-order valence-corrected chi connectivity index (χ2v) is 13.2. The molecule has 0 amide bonds. The summed E-state index contributed by atoms with van der Waals surface area (Å²) < 4.78 is 19.7. The number of nitrogens with zero attached hydrogens (tertiary/aromatic N) is 1. The van der Waals surface area contributed by atoms with Crippen LogP contribution in [0.5, 0.6) is 0 Å². The molecule has 244 valence electrons. The zero-order chi connectivity index (χ0) is 34.2. The van der Waals surface area contributed by atoms with Crippen molar-refractivity contribution in [2.75, 3.05) is 4.90 Å².